The van der Waals surface area contributed by atoms with Gasteiger partial charge in [-0.25, -0.2) is 9.13 Å². The number of aliphatic hydroxyl groups is 1. The second kappa shape index (κ2) is 69.6. The Morgan fingerprint density at radius 3 is 0.854 bits per heavy atom. The lowest BCUT2D eigenvalue weighted by molar-refractivity contribution is -0.161. The van der Waals surface area contributed by atoms with E-state index in [9.17, 15) is 43.2 Å². The maximum absolute atomic E-state index is 13.1. The van der Waals surface area contributed by atoms with Crippen LogP contribution in [0.1, 0.15) is 381 Å². The van der Waals surface area contributed by atoms with Crippen molar-refractivity contribution in [3.8, 4) is 0 Å². The molecule has 0 heterocycles. The van der Waals surface area contributed by atoms with E-state index in [1.165, 1.54) is 186 Å². The molecule has 0 aromatic rings. The highest BCUT2D eigenvalue weighted by Gasteiger charge is 2.30. The van der Waals surface area contributed by atoms with Crippen LogP contribution in [-0.2, 0) is 65.4 Å². The molecule has 0 spiro atoms. The van der Waals surface area contributed by atoms with E-state index in [0.29, 0.717) is 25.7 Å². The summed E-state index contributed by atoms with van der Waals surface area (Å²) in [4.78, 5) is 72.8. The molecular weight excluding hydrogens is 1260 g/mol. The average molecular weight is 1410 g/mol. The van der Waals surface area contributed by atoms with E-state index in [1.807, 2.05) is 0 Å². The van der Waals surface area contributed by atoms with E-state index in [0.717, 1.165) is 115 Å². The molecule has 0 aromatic carbocycles. The fourth-order valence-corrected chi connectivity index (χ4v) is 12.9. The van der Waals surface area contributed by atoms with Gasteiger partial charge in [-0.15, -0.1) is 0 Å². The van der Waals surface area contributed by atoms with Crippen LogP contribution in [0.15, 0.2) is 24.3 Å². The van der Waals surface area contributed by atoms with Crippen molar-refractivity contribution >= 4 is 39.5 Å². The lowest BCUT2D eigenvalue weighted by Gasteiger charge is -2.21. The molecule has 3 N–H and O–H groups in total. The van der Waals surface area contributed by atoms with Gasteiger partial charge in [0.05, 0.1) is 26.4 Å². The first-order chi connectivity index (χ1) is 46.5. The van der Waals surface area contributed by atoms with Crippen molar-refractivity contribution in [1.82, 2.24) is 0 Å². The Hall–Kier alpha value is -2.46. The zero-order valence-electron chi connectivity index (χ0n) is 62.0. The number of hydrogen-bond acceptors (Lipinski definition) is 15. The molecule has 0 aliphatic carbocycles. The summed E-state index contributed by atoms with van der Waals surface area (Å²) in [6, 6.07) is 0. The molecule has 0 amide bonds. The van der Waals surface area contributed by atoms with Gasteiger partial charge in [0, 0.05) is 25.7 Å². The highest BCUT2D eigenvalue weighted by molar-refractivity contribution is 7.47. The minimum Gasteiger partial charge on any atom is -0.462 e. The SMILES string of the molecule is CCCCCC/C=C\C=C/CCCCCCCC(=O)OC[C@H](COP(=O)(O)OC[C@@H](O)COP(=O)(O)OC[C@@H](COC(=O)CCCCCCCCCCCCCC)OC(=O)CCCCCCCCCCCC(C)C)OC(=O)CCCCCCCCCCCCCCCCCCC. The van der Waals surface area contributed by atoms with E-state index in [1.54, 1.807) is 0 Å². The van der Waals surface area contributed by atoms with Gasteiger partial charge in [0.1, 0.15) is 19.3 Å². The minimum absolute atomic E-state index is 0.102. The van der Waals surface area contributed by atoms with Crippen molar-refractivity contribution in [2.45, 2.75) is 400 Å². The van der Waals surface area contributed by atoms with Crippen LogP contribution in [0.3, 0.4) is 0 Å². The lowest BCUT2D eigenvalue weighted by Crippen LogP contribution is -2.30. The Morgan fingerprint density at radius 2 is 0.562 bits per heavy atom. The molecule has 0 saturated heterocycles. The van der Waals surface area contributed by atoms with Crippen molar-refractivity contribution in [2.75, 3.05) is 39.6 Å². The Labute approximate surface area is 586 Å². The van der Waals surface area contributed by atoms with Crippen molar-refractivity contribution in [1.29, 1.82) is 0 Å². The second-order valence-electron chi connectivity index (χ2n) is 27.5. The van der Waals surface area contributed by atoms with Crippen molar-refractivity contribution in [2.24, 2.45) is 5.92 Å². The molecule has 566 valence electrons. The molecule has 96 heavy (non-hydrogen) atoms. The number of hydrogen-bond donors (Lipinski definition) is 3. The maximum atomic E-state index is 13.1. The summed E-state index contributed by atoms with van der Waals surface area (Å²) in [7, 11) is -9.92. The first-order valence-electron chi connectivity index (χ1n) is 39.5. The molecule has 5 atom stereocenters. The summed E-state index contributed by atoms with van der Waals surface area (Å²) in [5.74, 6) is -1.41. The standard InChI is InChI=1S/C77H146O17P2/c1-6-9-12-15-18-21-24-27-29-30-32-34-37-42-47-52-57-62-76(81)93-72(66-88-75(80)61-56-51-46-41-36-33-31-28-25-22-19-16-13-10-7-2)68-91-95(83,84)89-64-71(78)65-90-96(85,86)92-69-73(94-77(82)63-58-53-48-43-38-39-44-49-54-59-70(4)5)67-87-74(79)60-55-50-45-40-35-26-23-20-17-14-11-8-3/h22,25,28,31,70-73,78H,6-21,23-24,26-27,29-30,32-69H2,1-5H3,(H,83,84)(H,85,86)/b25-22-,31-28-/t71-,72-,73-/m1/s1. The molecular formula is C77H146O17P2. The number of rotatable bonds is 75. The van der Waals surface area contributed by atoms with Crippen molar-refractivity contribution in [3.05, 3.63) is 24.3 Å². The Morgan fingerprint density at radius 1 is 0.323 bits per heavy atom. The number of esters is 4. The maximum Gasteiger partial charge on any atom is 0.472 e. The van der Waals surface area contributed by atoms with Crippen LogP contribution in [0.4, 0.5) is 0 Å². The molecule has 0 saturated carbocycles. The summed E-state index contributed by atoms with van der Waals surface area (Å²) >= 11 is 0. The van der Waals surface area contributed by atoms with Gasteiger partial charge in [-0.1, -0.05) is 329 Å². The van der Waals surface area contributed by atoms with E-state index < -0.39 is 97.5 Å². The molecule has 17 nitrogen and oxygen atoms in total. The zero-order valence-corrected chi connectivity index (χ0v) is 63.8. The Bertz CT molecular complexity index is 1930. The highest BCUT2D eigenvalue weighted by atomic mass is 31.2. The van der Waals surface area contributed by atoms with E-state index >= 15 is 0 Å². The summed E-state index contributed by atoms with van der Waals surface area (Å²) in [5.41, 5.74) is 0. The zero-order chi connectivity index (χ0) is 70.5. The molecule has 0 aromatic heterocycles. The van der Waals surface area contributed by atoms with E-state index in [-0.39, 0.29) is 25.7 Å². The third-order valence-electron chi connectivity index (χ3n) is 17.4. The highest BCUT2D eigenvalue weighted by Crippen LogP contribution is 2.45. The Balaban J connectivity index is 5.29. The van der Waals surface area contributed by atoms with Gasteiger partial charge in [0.2, 0.25) is 0 Å². The smallest absolute Gasteiger partial charge is 0.462 e. The number of ether oxygens (including phenoxy) is 4. The van der Waals surface area contributed by atoms with Crippen molar-refractivity contribution < 1.29 is 80.2 Å². The summed E-state index contributed by atoms with van der Waals surface area (Å²) in [5, 5.41) is 10.6. The van der Waals surface area contributed by atoms with E-state index in [4.69, 9.17) is 37.0 Å². The van der Waals surface area contributed by atoms with Crippen LogP contribution in [0.2, 0.25) is 0 Å². The molecule has 19 heteroatoms. The number of phosphoric ester groups is 2. The third-order valence-corrected chi connectivity index (χ3v) is 19.3. The molecule has 0 aliphatic rings. The molecule has 0 radical (unpaired) electrons. The summed E-state index contributed by atoms with van der Waals surface area (Å²) < 4.78 is 68.5. The number of aliphatic hydroxyl groups excluding tert-OH is 1. The van der Waals surface area contributed by atoms with Crippen LogP contribution < -0.4 is 0 Å². The quantitative estimate of drug-likeness (QED) is 0.0169. The summed E-state index contributed by atoms with van der Waals surface area (Å²) in [6.07, 6.45) is 61.7. The Kier molecular flexibility index (Phi) is 67.8. The van der Waals surface area contributed by atoms with Gasteiger partial charge >= 0.3 is 39.5 Å². The normalized spacial score (nSPS) is 14.1. The van der Waals surface area contributed by atoms with Crippen LogP contribution in [0.25, 0.3) is 0 Å². The fraction of sp³-hybridized carbons (Fsp3) is 0.896. The largest absolute Gasteiger partial charge is 0.472 e. The summed E-state index contributed by atoms with van der Waals surface area (Å²) in [6.45, 7) is 7.21. The monoisotopic (exact) mass is 1410 g/mol. The number of carbonyl (C=O) groups is 4. The van der Waals surface area contributed by atoms with E-state index in [2.05, 4.69) is 58.9 Å². The number of phosphoric acid groups is 2. The van der Waals surface area contributed by atoms with Gasteiger partial charge < -0.3 is 33.8 Å². The molecule has 2 unspecified atom stereocenters. The lowest BCUT2D eigenvalue weighted by atomic mass is 10.0. The molecule has 0 fully saturated rings. The topological polar surface area (TPSA) is 237 Å². The predicted octanol–water partition coefficient (Wildman–Crippen LogP) is 22.4. The molecule has 0 bridgehead atoms. The predicted molar refractivity (Wildman–Crippen MR) is 391 cm³/mol. The third kappa shape index (κ3) is 70.0. The number of allylic oxidation sites excluding steroid dienone is 4. The average Bonchev–Trinajstić information content (AvgIpc) is 1.24. The second-order valence-corrected chi connectivity index (χ2v) is 30.4. The molecule has 0 rings (SSSR count). The fourth-order valence-electron chi connectivity index (χ4n) is 11.3. The first kappa shape index (κ1) is 93.5. The number of carbonyl (C=O) groups excluding carboxylic acids is 4. The van der Waals surface area contributed by atoms with Crippen LogP contribution >= 0.6 is 15.6 Å². The minimum atomic E-state index is -4.96. The van der Waals surface area contributed by atoms with Crippen LogP contribution in [0, 0.1) is 5.92 Å². The van der Waals surface area contributed by atoms with Gasteiger partial charge in [0.25, 0.3) is 0 Å². The van der Waals surface area contributed by atoms with Crippen molar-refractivity contribution in [3.63, 3.8) is 0 Å². The first-order valence-corrected chi connectivity index (χ1v) is 42.4. The number of unbranched alkanes of at least 4 members (excludes halogenated alkanes) is 44. The van der Waals surface area contributed by atoms with Crippen LogP contribution in [-0.4, -0.2) is 96.7 Å². The van der Waals surface area contributed by atoms with Gasteiger partial charge in [-0.3, -0.25) is 37.3 Å². The van der Waals surface area contributed by atoms with Gasteiger partial charge in [-0.2, -0.15) is 0 Å². The van der Waals surface area contributed by atoms with Gasteiger partial charge in [0.15, 0.2) is 12.2 Å². The van der Waals surface area contributed by atoms with Gasteiger partial charge in [-0.05, 0) is 57.3 Å². The molecule has 0 aliphatic heterocycles. The van der Waals surface area contributed by atoms with Crippen LogP contribution in [0.5, 0.6) is 0 Å².